The Labute approximate surface area is 123 Å². The molecule has 2 heterocycles. The van der Waals surface area contributed by atoms with Crippen LogP contribution >= 0.6 is 11.6 Å². The van der Waals surface area contributed by atoms with E-state index in [1.165, 1.54) is 30.7 Å². The third-order valence-corrected chi connectivity index (χ3v) is 2.99. The van der Waals surface area contributed by atoms with Gasteiger partial charge in [0.2, 0.25) is 0 Å². The summed E-state index contributed by atoms with van der Waals surface area (Å²) in [6.07, 6.45) is 4.35. The van der Waals surface area contributed by atoms with Crippen LogP contribution in [0.1, 0.15) is 0 Å². The van der Waals surface area contributed by atoms with E-state index in [4.69, 9.17) is 16.3 Å². The zero-order valence-electron chi connectivity index (χ0n) is 10.4. The van der Waals surface area contributed by atoms with Crippen LogP contribution in [0.5, 0.6) is 11.6 Å². The fourth-order valence-corrected chi connectivity index (χ4v) is 1.99. The van der Waals surface area contributed by atoms with Crippen molar-refractivity contribution < 1.29 is 9.66 Å². The molecule has 0 fully saturated rings. The number of non-ortho nitro benzene ring substituents is 1. The number of hydrogen-bond acceptors (Lipinski definition) is 6. The van der Waals surface area contributed by atoms with Crippen molar-refractivity contribution in [3.63, 3.8) is 0 Å². The van der Waals surface area contributed by atoms with E-state index in [-0.39, 0.29) is 22.2 Å². The molecule has 1 aromatic carbocycles. The molecule has 0 atom stereocenters. The number of nitro benzene ring substituents is 1. The van der Waals surface area contributed by atoms with Gasteiger partial charge in [-0.2, -0.15) is 0 Å². The maximum atomic E-state index is 11.0. The first-order chi connectivity index (χ1) is 10.2. The summed E-state index contributed by atoms with van der Waals surface area (Å²) < 4.78 is 5.59. The molecular weight excluding hydrogens is 296 g/mol. The van der Waals surface area contributed by atoms with Crippen molar-refractivity contribution in [1.29, 1.82) is 0 Å². The average molecular weight is 303 g/mol. The summed E-state index contributed by atoms with van der Waals surface area (Å²) in [5, 5.41) is 11.6. The van der Waals surface area contributed by atoms with Crippen molar-refractivity contribution in [1.82, 2.24) is 15.0 Å². The van der Waals surface area contributed by atoms with Crippen LogP contribution in [0.25, 0.3) is 10.9 Å². The molecule has 8 heteroatoms. The minimum Gasteiger partial charge on any atom is -0.436 e. The summed E-state index contributed by atoms with van der Waals surface area (Å²) in [6.45, 7) is 0. The Kier molecular flexibility index (Phi) is 3.33. The topological polar surface area (TPSA) is 91.0 Å². The number of ether oxygens (including phenoxy) is 1. The molecule has 0 amide bonds. The molecule has 0 bridgehead atoms. The van der Waals surface area contributed by atoms with Gasteiger partial charge in [-0.05, 0) is 18.2 Å². The first-order valence-corrected chi connectivity index (χ1v) is 6.21. The van der Waals surface area contributed by atoms with Crippen molar-refractivity contribution in [2.75, 3.05) is 0 Å². The van der Waals surface area contributed by atoms with Gasteiger partial charge in [0.15, 0.2) is 10.7 Å². The molecule has 3 aromatic rings. The van der Waals surface area contributed by atoms with Crippen LogP contribution in [0, 0.1) is 10.1 Å². The van der Waals surface area contributed by atoms with Gasteiger partial charge in [-0.25, -0.2) is 15.0 Å². The maximum Gasteiger partial charge on any atom is 0.295 e. The molecule has 104 valence electrons. The van der Waals surface area contributed by atoms with Gasteiger partial charge in [0.05, 0.1) is 10.3 Å². The number of hydrogen-bond donors (Lipinski definition) is 0. The predicted octanol–water partition coefficient (Wildman–Crippen LogP) is 3.38. The minimum absolute atomic E-state index is 0.0943. The molecule has 0 aliphatic heterocycles. The van der Waals surface area contributed by atoms with Crippen LogP contribution in [0.2, 0.25) is 5.15 Å². The highest BCUT2D eigenvalue weighted by molar-refractivity contribution is 6.30. The number of aromatic nitrogens is 3. The van der Waals surface area contributed by atoms with Gasteiger partial charge >= 0.3 is 0 Å². The van der Waals surface area contributed by atoms with Crippen LogP contribution in [-0.4, -0.2) is 19.9 Å². The quantitative estimate of drug-likeness (QED) is 0.544. The van der Waals surface area contributed by atoms with Gasteiger partial charge in [0.25, 0.3) is 11.6 Å². The summed E-state index contributed by atoms with van der Waals surface area (Å²) in [7, 11) is 0. The summed E-state index contributed by atoms with van der Waals surface area (Å²) in [5.74, 6) is 0.490. The normalized spacial score (nSPS) is 10.5. The SMILES string of the molecule is O=[N+]([O-])c1ccc(Oc2nccnc2Cl)c2cccnc12. The third-order valence-electron chi connectivity index (χ3n) is 2.73. The van der Waals surface area contributed by atoms with Gasteiger partial charge in [-0.15, -0.1) is 0 Å². The summed E-state index contributed by atoms with van der Waals surface area (Å²) >= 11 is 5.88. The Bertz CT molecular complexity index is 841. The van der Waals surface area contributed by atoms with Gasteiger partial charge in [0, 0.05) is 24.7 Å². The smallest absolute Gasteiger partial charge is 0.295 e. The Hall–Kier alpha value is -2.80. The Morgan fingerprint density at radius 3 is 2.67 bits per heavy atom. The van der Waals surface area contributed by atoms with Crippen molar-refractivity contribution in [2.24, 2.45) is 0 Å². The van der Waals surface area contributed by atoms with Crippen LogP contribution < -0.4 is 4.74 Å². The van der Waals surface area contributed by atoms with E-state index in [1.807, 2.05) is 0 Å². The molecule has 2 aromatic heterocycles. The van der Waals surface area contributed by atoms with E-state index >= 15 is 0 Å². The van der Waals surface area contributed by atoms with Crippen molar-refractivity contribution in [3.05, 3.63) is 58.1 Å². The monoisotopic (exact) mass is 302 g/mol. The lowest BCUT2D eigenvalue weighted by atomic mass is 10.2. The Morgan fingerprint density at radius 1 is 1.10 bits per heavy atom. The Morgan fingerprint density at radius 2 is 1.90 bits per heavy atom. The zero-order chi connectivity index (χ0) is 14.8. The number of fused-ring (bicyclic) bond motifs is 1. The minimum atomic E-state index is -0.492. The maximum absolute atomic E-state index is 11.0. The molecule has 0 aliphatic rings. The molecular formula is C13H7ClN4O3. The van der Waals surface area contributed by atoms with Crippen LogP contribution in [0.3, 0.4) is 0 Å². The highest BCUT2D eigenvalue weighted by Crippen LogP contribution is 2.34. The van der Waals surface area contributed by atoms with Crippen LogP contribution in [-0.2, 0) is 0 Å². The van der Waals surface area contributed by atoms with Crippen molar-refractivity contribution in [3.8, 4) is 11.6 Å². The number of nitro groups is 1. The number of pyridine rings is 1. The second-order valence-corrected chi connectivity index (χ2v) is 4.35. The van der Waals surface area contributed by atoms with E-state index in [1.54, 1.807) is 12.1 Å². The van der Waals surface area contributed by atoms with Crippen LogP contribution in [0.15, 0.2) is 42.9 Å². The molecule has 0 aliphatic carbocycles. The number of nitrogens with zero attached hydrogens (tertiary/aromatic N) is 4. The molecule has 0 saturated heterocycles. The van der Waals surface area contributed by atoms with Crippen molar-refractivity contribution >= 4 is 28.2 Å². The second kappa shape index (κ2) is 5.29. The highest BCUT2D eigenvalue weighted by Gasteiger charge is 2.17. The highest BCUT2D eigenvalue weighted by atomic mass is 35.5. The molecule has 0 saturated carbocycles. The van der Waals surface area contributed by atoms with E-state index < -0.39 is 4.92 Å². The molecule has 0 N–H and O–H groups in total. The molecule has 7 nitrogen and oxygen atoms in total. The summed E-state index contributed by atoms with van der Waals surface area (Å²) in [6, 6.07) is 6.15. The lowest BCUT2D eigenvalue weighted by molar-refractivity contribution is -0.383. The molecule has 3 rings (SSSR count). The molecule has 0 spiro atoms. The van der Waals surface area contributed by atoms with Crippen LogP contribution in [0.4, 0.5) is 5.69 Å². The number of rotatable bonds is 3. The van der Waals surface area contributed by atoms with Gasteiger partial charge in [0.1, 0.15) is 5.75 Å². The third kappa shape index (κ3) is 2.46. The Balaban J connectivity index is 2.14. The first kappa shape index (κ1) is 13.2. The molecule has 0 radical (unpaired) electrons. The molecule has 21 heavy (non-hydrogen) atoms. The van der Waals surface area contributed by atoms with E-state index in [0.717, 1.165) is 0 Å². The zero-order valence-corrected chi connectivity index (χ0v) is 11.2. The first-order valence-electron chi connectivity index (χ1n) is 5.83. The van der Waals surface area contributed by atoms with E-state index in [2.05, 4.69) is 15.0 Å². The number of halogens is 1. The average Bonchev–Trinajstić information content (AvgIpc) is 2.49. The van der Waals surface area contributed by atoms with Gasteiger partial charge in [-0.3, -0.25) is 10.1 Å². The predicted molar refractivity (Wildman–Crippen MR) is 75.5 cm³/mol. The van der Waals surface area contributed by atoms with E-state index in [9.17, 15) is 10.1 Å². The largest absolute Gasteiger partial charge is 0.436 e. The van der Waals surface area contributed by atoms with Gasteiger partial charge < -0.3 is 4.74 Å². The fraction of sp³-hybridized carbons (Fsp3) is 0. The van der Waals surface area contributed by atoms with E-state index in [0.29, 0.717) is 11.1 Å². The summed E-state index contributed by atoms with van der Waals surface area (Å²) in [5.41, 5.74) is 0.142. The fourth-order valence-electron chi connectivity index (χ4n) is 1.85. The lowest BCUT2D eigenvalue weighted by Gasteiger charge is -2.08. The van der Waals surface area contributed by atoms with Crippen molar-refractivity contribution in [2.45, 2.75) is 0 Å². The molecule has 0 unspecified atom stereocenters. The lowest BCUT2D eigenvalue weighted by Crippen LogP contribution is -1.95. The van der Waals surface area contributed by atoms with Gasteiger partial charge in [-0.1, -0.05) is 11.6 Å². The standard InChI is InChI=1S/C13H7ClN4O3/c14-12-13(17-7-6-16-12)21-10-4-3-9(18(19)20)11-8(10)2-1-5-15-11/h1-7H. The summed E-state index contributed by atoms with van der Waals surface area (Å²) in [4.78, 5) is 22.4. The number of benzene rings is 1. The second-order valence-electron chi connectivity index (χ2n) is 3.99.